The van der Waals surface area contributed by atoms with Crippen molar-refractivity contribution in [2.75, 3.05) is 28.8 Å². The van der Waals surface area contributed by atoms with Crippen molar-refractivity contribution < 1.29 is 0 Å². The third kappa shape index (κ3) is 2.44. The smallest absolute Gasteiger partial charge is 0.274 e. The molecule has 1 aromatic heterocycles. The maximum atomic E-state index is 5.68. The Labute approximate surface area is 104 Å². The van der Waals surface area contributed by atoms with Crippen molar-refractivity contribution in [1.82, 2.24) is 20.5 Å². The number of nitrogens with two attached hydrogens (primary N) is 1. The highest BCUT2D eigenvalue weighted by molar-refractivity contribution is 6.16. The lowest BCUT2D eigenvalue weighted by molar-refractivity contribution is 0.655. The molecule has 9 heteroatoms. The summed E-state index contributed by atoms with van der Waals surface area (Å²) in [5, 5.41) is 9.16. The number of hydrazine groups is 1. The number of anilines is 3. The average molecular weight is 249 g/mol. The maximum Gasteiger partial charge on any atom is 0.274 e. The fraction of sp³-hybridized carbons (Fsp3) is 0.444. The topological polar surface area (TPSA) is 108 Å². The molecule has 0 saturated heterocycles. The lowest BCUT2D eigenvalue weighted by atomic mass is 10.5. The predicted octanol–water partition coefficient (Wildman–Crippen LogP) is -0.404. The number of rotatable bonds is 4. The van der Waals surface area contributed by atoms with Crippen LogP contribution in [0.4, 0.5) is 17.8 Å². The lowest BCUT2D eigenvalue weighted by Gasteiger charge is -2.21. The number of hydrazone groups is 2. The van der Waals surface area contributed by atoms with Crippen molar-refractivity contribution in [2.45, 2.75) is 13.8 Å². The number of nitrogens with one attached hydrogen (secondary N) is 1. The van der Waals surface area contributed by atoms with Crippen LogP contribution in [0.15, 0.2) is 10.2 Å². The third-order valence-electron chi connectivity index (χ3n) is 2.34. The second-order valence-electron chi connectivity index (χ2n) is 3.42. The number of nitrogens with zero attached hydrogens (tertiary/aromatic N) is 7. The van der Waals surface area contributed by atoms with Gasteiger partial charge in [-0.2, -0.15) is 30.7 Å². The first kappa shape index (κ1) is 12.0. The van der Waals surface area contributed by atoms with Crippen LogP contribution in [0.3, 0.4) is 0 Å². The van der Waals surface area contributed by atoms with Gasteiger partial charge in [-0.25, -0.2) is 0 Å². The molecule has 0 spiro atoms. The molecule has 18 heavy (non-hydrogen) atoms. The fourth-order valence-electron chi connectivity index (χ4n) is 1.45. The minimum absolute atomic E-state index is 0.147. The van der Waals surface area contributed by atoms with Gasteiger partial charge in [0.05, 0.1) is 12.4 Å². The van der Waals surface area contributed by atoms with Crippen molar-refractivity contribution in [3.05, 3.63) is 0 Å². The molecule has 0 fully saturated rings. The van der Waals surface area contributed by atoms with Gasteiger partial charge in [-0.05, 0) is 13.8 Å². The minimum Gasteiger partial charge on any atom is -0.368 e. The van der Waals surface area contributed by atoms with Crippen LogP contribution in [0.1, 0.15) is 13.8 Å². The van der Waals surface area contributed by atoms with E-state index in [1.165, 1.54) is 17.5 Å². The molecule has 0 radical (unpaired) electrons. The predicted molar refractivity (Wildman–Crippen MR) is 70.4 cm³/mol. The van der Waals surface area contributed by atoms with Gasteiger partial charge in [0.25, 0.3) is 5.95 Å². The first-order chi connectivity index (χ1) is 8.74. The fourth-order valence-corrected chi connectivity index (χ4v) is 1.45. The van der Waals surface area contributed by atoms with Crippen LogP contribution in [0.25, 0.3) is 0 Å². The zero-order valence-corrected chi connectivity index (χ0v) is 10.3. The van der Waals surface area contributed by atoms with E-state index < -0.39 is 0 Å². The van der Waals surface area contributed by atoms with Gasteiger partial charge < -0.3 is 10.6 Å². The summed E-state index contributed by atoms with van der Waals surface area (Å²) in [5.41, 5.74) is 8.32. The zero-order chi connectivity index (χ0) is 13.0. The van der Waals surface area contributed by atoms with Crippen molar-refractivity contribution in [3.8, 4) is 0 Å². The number of hydrogen-bond acceptors (Lipinski definition) is 9. The molecule has 96 valence electrons. The summed E-state index contributed by atoms with van der Waals surface area (Å²) in [6.45, 7) is 5.61. The summed E-state index contributed by atoms with van der Waals surface area (Å²) < 4.78 is 0. The van der Waals surface area contributed by atoms with E-state index in [0.717, 1.165) is 13.1 Å². The Kier molecular flexibility index (Phi) is 3.51. The Morgan fingerprint density at radius 2 is 2.00 bits per heavy atom. The number of nitrogen functional groups attached to an aromatic ring is 1. The summed E-state index contributed by atoms with van der Waals surface area (Å²) in [7, 11) is 0. The summed E-state index contributed by atoms with van der Waals surface area (Å²) in [4.78, 5) is 14.4. The van der Waals surface area contributed by atoms with E-state index in [9.17, 15) is 0 Å². The van der Waals surface area contributed by atoms with Crippen LogP contribution < -0.4 is 21.3 Å². The molecule has 0 unspecified atom stereocenters. The highest BCUT2D eigenvalue weighted by Crippen LogP contribution is 2.14. The van der Waals surface area contributed by atoms with Crippen LogP contribution in [-0.4, -0.2) is 40.5 Å². The Balaban J connectivity index is 2.31. The molecule has 0 aliphatic carbocycles. The van der Waals surface area contributed by atoms with Crippen molar-refractivity contribution in [3.63, 3.8) is 0 Å². The van der Waals surface area contributed by atoms with Gasteiger partial charge in [0, 0.05) is 13.1 Å². The molecule has 0 atom stereocenters. The van der Waals surface area contributed by atoms with Gasteiger partial charge in [0.1, 0.15) is 0 Å². The number of aromatic nitrogens is 3. The van der Waals surface area contributed by atoms with Gasteiger partial charge in [-0.1, -0.05) is 0 Å². The highest BCUT2D eigenvalue weighted by atomic mass is 15.8. The Hall–Kier alpha value is -2.45. The molecule has 0 aromatic carbocycles. The molecular formula is C9H15N9. The van der Waals surface area contributed by atoms with E-state index >= 15 is 0 Å². The Morgan fingerprint density at radius 3 is 2.61 bits per heavy atom. The van der Waals surface area contributed by atoms with E-state index in [1.54, 1.807) is 0 Å². The van der Waals surface area contributed by atoms with E-state index in [4.69, 9.17) is 5.73 Å². The van der Waals surface area contributed by atoms with Gasteiger partial charge in [-0.3, -0.25) is 0 Å². The Bertz CT molecular complexity index is 465. The normalized spacial score (nSPS) is 13.6. The average Bonchev–Trinajstić information content (AvgIpc) is 2.40. The molecule has 3 N–H and O–H groups in total. The van der Waals surface area contributed by atoms with Crippen LogP contribution in [-0.2, 0) is 0 Å². The van der Waals surface area contributed by atoms with Gasteiger partial charge in [0.2, 0.25) is 11.9 Å². The van der Waals surface area contributed by atoms with Crippen molar-refractivity contribution in [2.24, 2.45) is 10.2 Å². The summed E-state index contributed by atoms with van der Waals surface area (Å²) in [6.07, 6.45) is 3.04. The van der Waals surface area contributed by atoms with Crippen LogP contribution >= 0.6 is 0 Å². The molecule has 0 bridgehead atoms. The quantitative estimate of drug-likeness (QED) is 0.747. The summed E-state index contributed by atoms with van der Waals surface area (Å²) >= 11 is 0. The first-order valence-electron chi connectivity index (χ1n) is 5.62. The zero-order valence-electron chi connectivity index (χ0n) is 10.3. The summed E-state index contributed by atoms with van der Waals surface area (Å²) in [5.74, 6) is 0.972. The standard InChI is InChI=1S/C9H15N9/c1-3-17(4-2)8-13-7(10)14-9(15-8)18-12-6-5-11-16-18/h5-6,16H,3-4H2,1-2H3,(H2,10,13,14,15). The van der Waals surface area contributed by atoms with E-state index in [-0.39, 0.29) is 5.95 Å². The third-order valence-corrected chi connectivity index (χ3v) is 2.34. The molecule has 2 rings (SSSR count). The molecule has 1 aliphatic rings. The Morgan fingerprint density at radius 1 is 1.22 bits per heavy atom. The maximum absolute atomic E-state index is 5.68. The van der Waals surface area contributed by atoms with Crippen molar-refractivity contribution in [1.29, 1.82) is 0 Å². The molecule has 0 saturated carbocycles. The second kappa shape index (κ2) is 5.25. The molecule has 9 nitrogen and oxygen atoms in total. The molecular weight excluding hydrogens is 234 g/mol. The van der Waals surface area contributed by atoms with E-state index in [1.807, 2.05) is 18.7 Å². The number of hydrogen-bond donors (Lipinski definition) is 2. The lowest BCUT2D eigenvalue weighted by Crippen LogP contribution is -2.34. The summed E-state index contributed by atoms with van der Waals surface area (Å²) in [6, 6.07) is 0. The van der Waals surface area contributed by atoms with Gasteiger partial charge in [0.15, 0.2) is 0 Å². The molecule has 0 amide bonds. The van der Waals surface area contributed by atoms with Gasteiger partial charge in [-0.15, -0.1) is 5.12 Å². The largest absolute Gasteiger partial charge is 0.368 e. The molecule has 1 aliphatic heterocycles. The molecule has 2 heterocycles. The van der Waals surface area contributed by atoms with E-state index in [0.29, 0.717) is 11.9 Å². The van der Waals surface area contributed by atoms with Crippen LogP contribution in [0.5, 0.6) is 0 Å². The van der Waals surface area contributed by atoms with Gasteiger partial charge >= 0.3 is 0 Å². The highest BCUT2D eigenvalue weighted by Gasteiger charge is 2.14. The minimum atomic E-state index is 0.147. The van der Waals surface area contributed by atoms with Crippen LogP contribution in [0.2, 0.25) is 0 Å². The van der Waals surface area contributed by atoms with Crippen LogP contribution in [0, 0.1) is 0 Å². The van der Waals surface area contributed by atoms with E-state index in [2.05, 4.69) is 30.7 Å². The first-order valence-corrected chi connectivity index (χ1v) is 5.62. The van der Waals surface area contributed by atoms with Crippen molar-refractivity contribution >= 4 is 30.3 Å². The molecule has 1 aromatic rings. The monoisotopic (exact) mass is 249 g/mol. The second-order valence-corrected chi connectivity index (χ2v) is 3.42. The SMILES string of the molecule is CCN(CC)c1nc(N)nc(N2N=CC=NN2)n1.